The second kappa shape index (κ2) is 7.77. The van der Waals surface area contributed by atoms with Crippen LogP contribution in [-0.4, -0.2) is 28.9 Å². The topological polar surface area (TPSA) is 36.1 Å². The normalized spacial score (nSPS) is 15.4. The molecule has 1 fully saturated rings. The number of rotatable bonds is 5. The van der Waals surface area contributed by atoms with E-state index in [4.69, 9.17) is 11.6 Å². The number of carbonyl (C=O) groups excluding carboxylic acids is 1. The highest BCUT2D eigenvalue weighted by molar-refractivity contribution is 6.30. The summed E-state index contributed by atoms with van der Waals surface area (Å²) in [6.45, 7) is 3.95. The SMILES string of the molecule is CCc1cccc2c(C(CC(=O)N3CCCC3)c3ccc(Cl)cc3)c[nH]c12. The molecular formula is C23H25ClN2O. The molecule has 0 saturated carbocycles. The predicted molar refractivity (Wildman–Crippen MR) is 111 cm³/mol. The lowest BCUT2D eigenvalue weighted by atomic mass is 9.87. The Bertz CT molecular complexity index is 939. The molecule has 0 radical (unpaired) electrons. The molecule has 1 aliphatic heterocycles. The van der Waals surface area contributed by atoms with Crippen molar-refractivity contribution in [1.29, 1.82) is 0 Å². The van der Waals surface area contributed by atoms with E-state index in [0.29, 0.717) is 6.42 Å². The van der Waals surface area contributed by atoms with Gasteiger partial charge in [0.2, 0.25) is 5.91 Å². The monoisotopic (exact) mass is 380 g/mol. The number of carbonyl (C=O) groups is 1. The van der Waals surface area contributed by atoms with Gasteiger partial charge in [0.15, 0.2) is 0 Å². The molecule has 0 bridgehead atoms. The standard InChI is InChI=1S/C23H25ClN2O/c1-2-16-6-5-7-19-21(15-25-23(16)19)20(17-8-10-18(24)11-9-17)14-22(27)26-12-3-4-13-26/h5-11,15,20,25H,2-4,12-14H2,1H3. The number of likely N-dealkylation sites (tertiary alicyclic amines) is 1. The molecule has 0 aliphatic carbocycles. The Kier molecular flexibility index (Phi) is 5.22. The fourth-order valence-corrected chi connectivity index (χ4v) is 4.32. The number of aromatic nitrogens is 1. The molecule has 3 aromatic rings. The number of nitrogens with zero attached hydrogens (tertiary/aromatic N) is 1. The summed E-state index contributed by atoms with van der Waals surface area (Å²) in [5, 5.41) is 1.93. The van der Waals surface area contributed by atoms with Crippen LogP contribution in [0.5, 0.6) is 0 Å². The van der Waals surface area contributed by atoms with Crippen molar-refractivity contribution in [3.05, 3.63) is 70.4 Å². The summed E-state index contributed by atoms with van der Waals surface area (Å²) in [7, 11) is 0. The Morgan fingerprint density at radius 3 is 2.59 bits per heavy atom. The molecule has 1 aliphatic rings. The smallest absolute Gasteiger partial charge is 0.223 e. The Labute approximate surface area is 165 Å². The van der Waals surface area contributed by atoms with Crippen molar-refractivity contribution in [3.63, 3.8) is 0 Å². The molecule has 2 heterocycles. The number of hydrogen-bond donors (Lipinski definition) is 1. The fourth-order valence-electron chi connectivity index (χ4n) is 4.19. The minimum atomic E-state index is 0.0243. The third-order valence-corrected chi connectivity index (χ3v) is 5.95. The van der Waals surface area contributed by atoms with Gasteiger partial charge < -0.3 is 9.88 Å². The first-order chi connectivity index (χ1) is 13.2. The van der Waals surface area contributed by atoms with Crippen molar-refractivity contribution in [2.24, 2.45) is 0 Å². The number of hydrogen-bond acceptors (Lipinski definition) is 1. The number of halogens is 1. The lowest BCUT2D eigenvalue weighted by molar-refractivity contribution is -0.130. The Morgan fingerprint density at radius 2 is 1.89 bits per heavy atom. The molecular weight excluding hydrogens is 356 g/mol. The van der Waals surface area contributed by atoms with Crippen LogP contribution < -0.4 is 0 Å². The zero-order valence-electron chi connectivity index (χ0n) is 15.7. The number of aryl methyl sites for hydroxylation is 1. The van der Waals surface area contributed by atoms with Crippen LogP contribution in [0, 0.1) is 0 Å². The second-order valence-corrected chi connectivity index (χ2v) is 7.77. The molecule has 1 unspecified atom stereocenters. The van der Waals surface area contributed by atoms with Crippen molar-refractivity contribution in [2.75, 3.05) is 13.1 Å². The number of para-hydroxylation sites is 1. The molecule has 3 nitrogen and oxygen atoms in total. The van der Waals surface area contributed by atoms with Crippen LogP contribution in [0.2, 0.25) is 5.02 Å². The van der Waals surface area contributed by atoms with Crippen LogP contribution in [0.3, 0.4) is 0 Å². The molecule has 2 aromatic carbocycles. The molecule has 1 amide bonds. The highest BCUT2D eigenvalue weighted by atomic mass is 35.5. The van der Waals surface area contributed by atoms with Crippen LogP contribution in [0.25, 0.3) is 10.9 Å². The quantitative estimate of drug-likeness (QED) is 0.620. The van der Waals surface area contributed by atoms with Gasteiger partial charge in [-0.2, -0.15) is 0 Å². The van der Waals surface area contributed by atoms with Gasteiger partial charge in [0.1, 0.15) is 0 Å². The Balaban J connectivity index is 1.75. The van der Waals surface area contributed by atoms with E-state index in [-0.39, 0.29) is 11.8 Å². The van der Waals surface area contributed by atoms with E-state index in [1.54, 1.807) is 0 Å². The largest absolute Gasteiger partial charge is 0.361 e. The van der Waals surface area contributed by atoms with Crippen molar-refractivity contribution >= 4 is 28.4 Å². The van der Waals surface area contributed by atoms with E-state index in [1.165, 1.54) is 22.0 Å². The van der Waals surface area contributed by atoms with Gasteiger partial charge in [-0.1, -0.05) is 48.9 Å². The van der Waals surface area contributed by atoms with Gasteiger partial charge in [-0.05, 0) is 48.1 Å². The van der Waals surface area contributed by atoms with Crippen molar-refractivity contribution in [1.82, 2.24) is 9.88 Å². The molecule has 27 heavy (non-hydrogen) atoms. The average Bonchev–Trinajstić information content (AvgIpc) is 3.36. The van der Waals surface area contributed by atoms with E-state index in [1.807, 2.05) is 29.2 Å². The summed E-state index contributed by atoms with van der Waals surface area (Å²) >= 11 is 6.10. The number of benzene rings is 2. The molecule has 1 saturated heterocycles. The number of fused-ring (bicyclic) bond motifs is 1. The molecule has 4 rings (SSSR count). The van der Waals surface area contributed by atoms with Crippen LogP contribution in [0.15, 0.2) is 48.7 Å². The van der Waals surface area contributed by atoms with Gasteiger partial charge in [-0.25, -0.2) is 0 Å². The van der Waals surface area contributed by atoms with Gasteiger partial charge >= 0.3 is 0 Å². The van der Waals surface area contributed by atoms with E-state index in [2.05, 4.69) is 36.3 Å². The van der Waals surface area contributed by atoms with Gasteiger partial charge in [0.05, 0.1) is 0 Å². The van der Waals surface area contributed by atoms with E-state index in [9.17, 15) is 4.79 Å². The number of H-pyrrole nitrogens is 1. The predicted octanol–water partition coefficient (Wildman–Crippen LogP) is 5.53. The molecule has 1 N–H and O–H groups in total. The number of amides is 1. The Hall–Kier alpha value is -2.26. The van der Waals surface area contributed by atoms with Gasteiger partial charge in [-0.15, -0.1) is 0 Å². The average molecular weight is 381 g/mol. The van der Waals surface area contributed by atoms with Crippen molar-refractivity contribution < 1.29 is 4.79 Å². The molecule has 140 valence electrons. The van der Waals surface area contributed by atoms with Crippen LogP contribution in [0.1, 0.15) is 48.8 Å². The van der Waals surface area contributed by atoms with Crippen molar-refractivity contribution in [3.8, 4) is 0 Å². The lowest BCUT2D eigenvalue weighted by Gasteiger charge is -2.21. The summed E-state index contributed by atoms with van der Waals surface area (Å²) in [5.41, 5.74) is 4.81. The van der Waals surface area contributed by atoms with Gasteiger partial charge in [0.25, 0.3) is 0 Å². The minimum Gasteiger partial charge on any atom is -0.361 e. The van der Waals surface area contributed by atoms with Crippen LogP contribution in [-0.2, 0) is 11.2 Å². The highest BCUT2D eigenvalue weighted by Gasteiger charge is 2.26. The zero-order chi connectivity index (χ0) is 18.8. The molecule has 1 atom stereocenters. The first kappa shape index (κ1) is 18.1. The first-order valence-corrected chi connectivity index (χ1v) is 10.2. The maximum absolute atomic E-state index is 12.9. The maximum Gasteiger partial charge on any atom is 0.223 e. The molecule has 1 aromatic heterocycles. The van der Waals surface area contributed by atoms with Gasteiger partial charge in [0, 0.05) is 47.6 Å². The fraction of sp³-hybridized carbons (Fsp3) is 0.348. The zero-order valence-corrected chi connectivity index (χ0v) is 16.4. The van der Waals surface area contributed by atoms with Crippen LogP contribution >= 0.6 is 11.6 Å². The third kappa shape index (κ3) is 3.61. The second-order valence-electron chi connectivity index (χ2n) is 7.33. The Morgan fingerprint density at radius 1 is 1.15 bits per heavy atom. The lowest BCUT2D eigenvalue weighted by Crippen LogP contribution is -2.29. The van der Waals surface area contributed by atoms with Gasteiger partial charge in [-0.3, -0.25) is 4.79 Å². The maximum atomic E-state index is 12.9. The highest BCUT2D eigenvalue weighted by Crippen LogP contribution is 2.35. The number of nitrogens with one attached hydrogen (secondary N) is 1. The number of aromatic amines is 1. The van der Waals surface area contributed by atoms with Crippen molar-refractivity contribution in [2.45, 2.75) is 38.5 Å². The summed E-state index contributed by atoms with van der Waals surface area (Å²) in [6, 6.07) is 14.4. The molecule has 0 spiro atoms. The van der Waals surface area contributed by atoms with E-state index < -0.39 is 0 Å². The van der Waals surface area contributed by atoms with E-state index >= 15 is 0 Å². The summed E-state index contributed by atoms with van der Waals surface area (Å²) < 4.78 is 0. The van der Waals surface area contributed by atoms with E-state index in [0.717, 1.165) is 42.9 Å². The summed E-state index contributed by atoms with van der Waals surface area (Å²) in [5.74, 6) is 0.268. The minimum absolute atomic E-state index is 0.0243. The third-order valence-electron chi connectivity index (χ3n) is 5.70. The summed E-state index contributed by atoms with van der Waals surface area (Å²) in [6.07, 6.45) is 5.79. The molecule has 4 heteroatoms. The summed E-state index contributed by atoms with van der Waals surface area (Å²) in [4.78, 5) is 18.4. The van der Waals surface area contributed by atoms with Crippen LogP contribution in [0.4, 0.5) is 0 Å². The first-order valence-electron chi connectivity index (χ1n) is 9.79.